The van der Waals surface area contributed by atoms with Gasteiger partial charge in [0.05, 0.1) is 36.6 Å². The van der Waals surface area contributed by atoms with E-state index in [2.05, 4.69) is 50.0 Å². The molecule has 0 saturated carbocycles. The lowest BCUT2D eigenvalue weighted by molar-refractivity contribution is -0.0299. The van der Waals surface area contributed by atoms with Gasteiger partial charge in [-0.3, -0.25) is 14.5 Å². The summed E-state index contributed by atoms with van der Waals surface area (Å²) in [5.74, 6) is 1.51. The van der Waals surface area contributed by atoms with Crippen molar-refractivity contribution in [1.29, 1.82) is 5.26 Å². The highest BCUT2D eigenvalue weighted by atomic mass is 15.4. The molecule has 0 unspecified atom stereocenters. The molecule has 9 heteroatoms. The number of nitrogens with one attached hydrogen (secondary N) is 1. The van der Waals surface area contributed by atoms with Gasteiger partial charge in [-0.15, -0.1) is 0 Å². The normalized spacial score (nSPS) is 24.6. The van der Waals surface area contributed by atoms with Crippen LogP contribution in [-0.4, -0.2) is 74.0 Å². The fourth-order valence-corrected chi connectivity index (χ4v) is 5.76. The minimum absolute atomic E-state index is 0.0964. The van der Waals surface area contributed by atoms with E-state index >= 15 is 0 Å². The van der Waals surface area contributed by atoms with Gasteiger partial charge in [-0.05, 0) is 25.2 Å². The molecule has 1 N–H and O–H groups in total. The van der Waals surface area contributed by atoms with Gasteiger partial charge >= 0.3 is 0 Å². The number of rotatable bonds is 5. The van der Waals surface area contributed by atoms with Crippen LogP contribution in [0.3, 0.4) is 0 Å². The molecular formula is C23H33N9. The minimum atomic E-state index is -0.0964. The number of hydrogen-bond acceptors (Lipinski definition) is 8. The van der Waals surface area contributed by atoms with Gasteiger partial charge in [0.1, 0.15) is 5.82 Å². The van der Waals surface area contributed by atoms with Gasteiger partial charge in [-0.2, -0.15) is 15.3 Å². The average Bonchev–Trinajstić information content (AvgIpc) is 3.26. The lowest BCUT2D eigenvalue weighted by Gasteiger charge is -2.58. The predicted octanol–water partition coefficient (Wildman–Crippen LogP) is 2.50. The van der Waals surface area contributed by atoms with E-state index in [4.69, 9.17) is 4.98 Å². The number of fused-ring (bicyclic) bond motifs is 1. The van der Waals surface area contributed by atoms with Crippen molar-refractivity contribution in [3.05, 3.63) is 24.2 Å². The second-order valence-corrected chi connectivity index (χ2v) is 10.6. The SMILES string of the molecule is Cc1cnc(Nc2cnn(C)c2)nc1N1CC(CC#N)(N2CC[C@@H]3CC(C)(C)CN3C2)C1. The summed E-state index contributed by atoms with van der Waals surface area (Å²) in [5.41, 5.74) is 2.21. The molecule has 0 bridgehead atoms. The summed E-state index contributed by atoms with van der Waals surface area (Å²) in [7, 11) is 1.88. The Morgan fingerprint density at radius 3 is 2.78 bits per heavy atom. The maximum atomic E-state index is 9.64. The van der Waals surface area contributed by atoms with Crippen LogP contribution in [0.5, 0.6) is 0 Å². The zero-order valence-corrected chi connectivity index (χ0v) is 19.5. The van der Waals surface area contributed by atoms with Crippen molar-refractivity contribution in [1.82, 2.24) is 29.5 Å². The summed E-state index contributed by atoms with van der Waals surface area (Å²) in [6, 6.07) is 3.17. The van der Waals surface area contributed by atoms with Gasteiger partial charge in [0.2, 0.25) is 5.95 Å². The summed E-state index contributed by atoms with van der Waals surface area (Å²) in [5, 5.41) is 17.1. The zero-order chi connectivity index (χ0) is 22.5. The number of hydrogen-bond donors (Lipinski definition) is 1. The summed E-state index contributed by atoms with van der Waals surface area (Å²) in [6.07, 6.45) is 8.55. The van der Waals surface area contributed by atoms with Crippen molar-refractivity contribution in [3.63, 3.8) is 0 Å². The molecule has 0 aliphatic carbocycles. The number of nitriles is 1. The monoisotopic (exact) mass is 435 g/mol. The molecule has 0 spiro atoms. The van der Waals surface area contributed by atoms with Crippen LogP contribution in [0.4, 0.5) is 17.5 Å². The van der Waals surface area contributed by atoms with Crippen LogP contribution in [0, 0.1) is 23.7 Å². The molecule has 32 heavy (non-hydrogen) atoms. The smallest absolute Gasteiger partial charge is 0.229 e. The number of anilines is 3. The van der Waals surface area contributed by atoms with Crippen LogP contribution >= 0.6 is 0 Å². The topological polar surface area (TPSA) is 89.1 Å². The first kappa shape index (κ1) is 21.2. The predicted molar refractivity (Wildman–Crippen MR) is 124 cm³/mol. The van der Waals surface area contributed by atoms with E-state index in [0.717, 1.165) is 49.9 Å². The van der Waals surface area contributed by atoms with Gasteiger partial charge in [0.15, 0.2) is 0 Å². The summed E-state index contributed by atoms with van der Waals surface area (Å²) < 4.78 is 1.74. The van der Waals surface area contributed by atoms with E-state index in [0.29, 0.717) is 23.8 Å². The Morgan fingerprint density at radius 1 is 1.25 bits per heavy atom. The highest BCUT2D eigenvalue weighted by Gasteiger charge is 2.51. The summed E-state index contributed by atoms with van der Waals surface area (Å²) in [6.45, 7) is 11.6. The van der Waals surface area contributed by atoms with Crippen molar-refractivity contribution in [2.45, 2.75) is 51.6 Å². The van der Waals surface area contributed by atoms with E-state index in [1.165, 1.54) is 12.8 Å². The van der Waals surface area contributed by atoms with Gasteiger partial charge in [0.25, 0.3) is 0 Å². The lowest BCUT2D eigenvalue weighted by atomic mass is 9.83. The first-order valence-corrected chi connectivity index (χ1v) is 11.5. The third-order valence-corrected chi connectivity index (χ3v) is 7.28. The molecule has 3 aliphatic heterocycles. The van der Waals surface area contributed by atoms with Crippen LogP contribution < -0.4 is 10.2 Å². The average molecular weight is 436 g/mol. The second kappa shape index (κ2) is 7.71. The molecule has 3 fully saturated rings. The largest absolute Gasteiger partial charge is 0.352 e. The molecular weight excluding hydrogens is 402 g/mol. The molecule has 3 saturated heterocycles. The van der Waals surface area contributed by atoms with E-state index in [9.17, 15) is 5.26 Å². The van der Waals surface area contributed by atoms with Crippen LogP contribution in [0.15, 0.2) is 18.6 Å². The molecule has 0 amide bonds. The summed E-state index contributed by atoms with van der Waals surface area (Å²) >= 11 is 0. The Kier molecular flexibility index (Phi) is 5.10. The Hall–Kier alpha value is -2.70. The Labute approximate surface area is 190 Å². The molecule has 0 aromatic carbocycles. The number of aromatic nitrogens is 4. The fraction of sp³-hybridized carbons (Fsp3) is 0.652. The Balaban J connectivity index is 1.30. The highest BCUT2D eigenvalue weighted by Crippen LogP contribution is 2.42. The van der Waals surface area contributed by atoms with Crippen LogP contribution in [0.2, 0.25) is 0 Å². The quantitative estimate of drug-likeness (QED) is 0.766. The van der Waals surface area contributed by atoms with Crippen molar-refractivity contribution in [3.8, 4) is 6.07 Å². The molecule has 1 atom stereocenters. The van der Waals surface area contributed by atoms with Gasteiger partial charge in [-0.25, -0.2) is 4.98 Å². The van der Waals surface area contributed by atoms with E-state index < -0.39 is 0 Å². The molecule has 5 heterocycles. The minimum Gasteiger partial charge on any atom is -0.352 e. The second-order valence-electron chi connectivity index (χ2n) is 10.6. The Bertz CT molecular complexity index is 1030. The first-order chi connectivity index (χ1) is 15.3. The van der Waals surface area contributed by atoms with E-state index in [1.54, 1.807) is 10.9 Å². The van der Waals surface area contributed by atoms with Crippen molar-refractivity contribution in [2.75, 3.05) is 43.1 Å². The van der Waals surface area contributed by atoms with Crippen molar-refractivity contribution >= 4 is 17.5 Å². The van der Waals surface area contributed by atoms with Crippen molar-refractivity contribution in [2.24, 2.45) is 12.5 Å². The maximum Gasteiger partial charge on any atom is 0.229 e. The molecule has 9 nitrogen and oxygen atoms in total. The van der Waals surface area contributed by atoms with Gasteiger partial charge < -0.3 is 10.2 Å². The zero-order valence-electron chi connectivity index (χ0n) is 19.5. The number of aryl methyl sites for hydroxylation is 2. The maximum absolute atomic E-state index is 9.64. The molecule has 2 aromatic heterocycles. The first-order valence-electron chi connectivity index (χ1n) is 11.5. The Morgan fingerprint density at radius 2 is 2.06 bits per heavy atom. The third-order valence-electron chi connectivity index (χ3n) is 7.28. The van der Waals surface area contributed by atoms with Crippen LogP contribution in [0.1, 0.15) is 38.7 Å². The molecule has 170 valence electrons. The fourth-order valence-electron chi connectivity index (χ4n) is 5.76. The van der Waals surface area contributed by atoms with Gasteiger partial charge in [0, 0.05) is 57.2 Å². The lowest BCUT2D eigenvalue weighted by Crippen LogP contribution is -2.73. The van der Waals surface area contributed by atoms with Crippen molar-refractivity contribution < 1.29 is 0 Å². The van der Waals surface area contributed by atoms with E-state index in [1.807, 2.05) is 26.4 Å². The summed E-state index contributed by atoms with van der Waals surface area (Å²) in [4.78, 5) is 16.7. The molecule has 0 radical (unpaired) electrons. The molecule has 3 aliphatic rings. The van der Waals surface area contributed by atoms with Crippen LogP contribution in [-0.2, 0) is 7.05 Å². The van der Waals surface area contributed by atoms with Crippen LogP contribution in [0.25, 0.3) is 0 Å². The van der Waals surface area contributed by atoms with E-state index in [-0.39, 0.29) is 5.54 Å². The standard InChI is InChI=1S/C23H33N9/c1-17-10-25-21(27-18-11-26-29(4)12-18)28-20(17)30-14-23(15-30,6-7-24)32-8-5-19-9-22(2,3)13-31(19)16-32/h10-12,19H,5-6,8-9,13-16H2,1-4H3,(H,25,27,28)/t19-/m1/s1. The highest BCUT2D eigenvalue weighted by molar-refractivity contribution is 5.57. The third kappa shape index (κ3) is 3.82. The molecule has 2 aromatic rings. The number of nitrogens with zero attached hydrogens (tertiary/aromatic N) is 8. The molecule has 5 rings (SSSR count). The van der Waals surface area contributed by atoms with Gasteiger partial charge in [-0.1, -0.05) is 13.8 Å².